The molecule has 2 aromatic carbocycles. The van der Waals surface area contributed by atoms with E-state index in [9.17, 15) is 18.9 Å². The van der Waals surface area contributed by atoms with Gasteiger partial charge in [0.25, 0.3) is 5.69 Å². The number of benzene rings is 2. The van der Waals surface area contributed by atoms with Crippen molar-refractivity contribution in [1.82, 2.24) is 0 Å². The van der Waals surface area contributed by atoms with Crippen LogP contribution in [0.5, 0.6) is 0 Å². The molecule has 7 heteroatoms. The van der Waals surface area contributed by atoms with E-state index in [2.05, 4.69) is 10.5 Å². The zero-order valence-corrected chi connectivity index (χ0v) is 11.2. The minimum atomic E-state index is -0.764. The predicted molar refractivity (Wildman–Crippen MR) is 80.6 cm³/mol. The Morgan fingerprint density at radius 2 is 1.95 bits per heavy atom. The highest BCUT2D eigenvalue weighted by Gasteiger charge is 2.08. The molecule has 0 saturated carbocycles. The number of hydrazone groups is 1. The van der Waals surface area contributed by atoms with Gasteiger partial charge in [0.2, 0.25) is 0 Å². The van der Waals surface area contributed by atoms with Crippen molar-refractivity contribution in [3.8, 4) is 0 Å². The Kier molecular flexibility index (Phi) is 4.92. The van der Waals surface area contributed by atoms with Crippen molar-refractivity contribution in [3.05, 3.63) is 75.9 Å². The minimum Gasteiger partial charge on any atom is -0.276 e. The first kappa shape index (κ1) is 15.3. The van der Waals surface area contributed by atoms with Gasteiger partial charge in [0.15, 0.2) is 5.82 Å². The average Bonchev–Trinajstić information content (AvgIpc) is 2.49. The van der Waals surface area contributed by atoms with E-state index in [4.69, 9.17) is 0 Å². The highest BCUT2D eigenvalue weighted by atomic mass is 19.1. The largest absolute Gasteiger partial charge is 0.276 e. The summed E-state index contributed by atoms with van der Waals surface area (Å²) in [6.07, 6.45) is 4.28. The Morgan fingerprint density at radius 3 is 2.68 bits per heavy atom. The number of rotatable bonds is 5. The van der Waals surface area contributed by atoms with Gasteiger partial charge in [-0.15, -0.1) is 0 Å². The van der Waals surface area contributed by atoms with Gasteiger partial charge < -0.3 is 0 Å². The van der Waals surface area contributed by atoms with E-state index in [1.54, 1.807) is 18.2 Å². The smallest absolute Gasteiger partial charge is 0.276 e. The summed E-state index contributed by atoms with van der Waals surface area (Å²) in [5.41, 5.74) is 2.83. The van der Waals surface area contributed by atoms with Gasteiger partial charge in [-0.05, 0) is 30.4 Å². The number of halogens is 2. The van der Waals surface area contributed by atoms with Gasteiger partial charge in [-0.25, -0.2) is 8.78 Å². The van der Waals surface area contributed by atoms with Crippen molar-refractivity contribution in [3.63, 3.8) is 0 Å². The van der Waals surface area contributed by atoms with E-state index < -0.39 is 16.6 Å². The third-order valence-electron chi connectivity index (χ3n) is 2.69. The topological polar surface area (TPSA) is 67.5 Å². The summed E-state index contributed by atoms with van der Waals surface area (Å²) in [4.78, 5) is 10.3. The second-order valence-electron chi connectivity index (χ2n) is 4.19. The summed E-state index contributed by atoms with van der Waals surface area (Å²) < 4.78 is 26.0. The molecule has 0 bridgehead atoms. The monoisotopic (exact) mass is 303 g/mol. The van der Waals surface area contributed by atoms with Crippen molar-refractivity contribution < 1.29 is 13.7 Å². The van der Waals surface area contributed by atoms with Crippen LogP contribution in [0.3, 0.4) is 0 Å². The number of nitro benzene ring substituents is 1. The average molecular weight is 303 g/mol. The van der Waals surface area contributed by atoms with Crippen LogP contribution < -0.4 is 5.43 Å². The summed E-state index contributed by atoms with van der Waals surface area (Å²) in [6, 6.07) is 9.29. The maximum Gasteiger partial charge on any atom is 0.276 e. The summed E-state index contributed by atoms with van der Waals surface area (Å²) >= 11 is 0. The van der Waals surface area contributed by atoms with Crippen molar-refractivity contribution >= 4 is 23.7 Å². The Hall–Kier alpha value is -3.09. The number of hydrogen-bond donors (Lipinski definition) is 1. The van der Waals surface area contributed by atoms with Gasteiger partial charge >= 0.3 is 0 Å². The lowest BCUT2D eigenvalue weighted by Crippen LogP contribution is -1.93. The number of allylic oxidation sites excluding steroid dienone is 1. The fourth-order valence-corrected chi connectivity index (χ4v) is 1.67. The van der Waals surface area contributed by atoms with Crippen molar-refractivity contribution in [2.24, 2.45) is 5.10 Å². The van der Waals surface area contributed by atoms with Crippen LogP contribution in [-0.2, 0) is 0 Å². The van der Waals surface area contributed by atoms with E-state index in [1.165, 1.54) is 30.5 Å². The number of hydrogen-bond acceptors (Lipinski definition) is 4. The molecular formula is C15H11F2N3O2. The molecule has 1 N–H and O–H groups in total. The minimum absolute atomic E-state index is 0.0234. The van der Waals surface area contributed by atoms with Crippen molar-refractivity contribution in [1.29, 1.82) is 0 Å². The molecule has 0 aliphatic rings. The molecule has 0 saturated heterocycles. The van der Waals surface area contributed by atoms with Crippen LogP contribution in [0.4, 0.5) is 20.2 Å². The molecule has 2 rings (SSSR count). The Bertz CT molecular complexity index is 745. The lowest BCUT2D eigenvalue weighted by atomic mass is 10.2. The molecule has 5 nitrogen and oxygen atoms in total. The SMILES string of the molecule is O=[N+]([O-])c1ccccc1/C=C/C=N/Nc1ccc(F)cc1F. The molecule has 22 heavy (non-hydrogen) atoms. The fraction of sp³-hybridized carbons (Fsp3) is 0. The summed E-state index contributed by atoms with van der Waals surface area (Å²) in [5, 5.41) is 14.5. The van der Waals surface area contributed by atoms with Crippen molar-refractivity contribution in [2.75, 3.05) is 5.43 Å². The van der Waals surface area contributed by atoms with Crippen LogP contribution in [0.1, 0.15) is 5.56 Å². The number of nitro groups is 1. The highest BCUT2D eigenvalue weighted by Crippen LogP contribution is 2.18. The van der Waals surface area contributed by atoms with Gasteiger partial charge in [0, 0.05) is 18.3 Å². The van der Waals surface area contributed by atoms with E-state index in [0.717, 1.165) is 12.1 Å². The normalized spacial score (nSPS) is 11.2. The zero-order chi connectivity index (χ0) is 15.9. The Labute approximate surface area is 124 Å². The molecule has 0 radical (unpaired) electrons. The lowest BCUT2D eigenvalue weighted by molar-refractivity contribution is -0.385. The van der Waals surface area contributed by atoms with Gasteiger partial charge in [0.1, 0.15) is 5.82 Å². The van der Waals surface area contributed by atoms with Crippen LogP contribution in [0.25, 0.3) is 6.08 Å². The molecule has 112 valence electrons. The van der Waals surface area contributed by atoms with E-state index in [0.29, 0.717) is 5.56 Å². The predicted octanol–water partition coefficient (Wildman–Crippen LogP) is 3.98. The van der Waals surface area contributed by atoms with Gasteiger partial charge in [-0.1, -0.05) is 12.1 Å². The lowest BCUT2D eigenvalue weighted by Gasteiger charge is -2.00. The Balaban J connectivity index is 2.02. The Morgan fingerprint density at radius 1 is 1.18 bits per heavy atom. The first-order valence-corrected chi connectivity index (χ1v) is 6.22. The van der Waals surface area contributed by atoms with Crippen molar-refractivity contribution in [2.45, 2.75) is 0 Å². The van der Waals surface area contributed by atoms with E-state index >= 15 is 0 Å². The van der Waals surface area contributed by atoms with E-state index in [1.807, 2.05) is 0 Å². The summed E-state index contributed by atoms with van der Waals surface area (Å²) in [5.74, 6) is -1.44. The third kappa shape index (κ3) is 3.95. The first-order valence-electron chi connectivity index (χ1n) is 6.22. The zero-order valence-electron chi connectivity index (χ0n) is 11.2. The number of anilines is 1. The highest BCUT2D eigenvalue weighted by molar-refractivity contribution is 5.80. The second-order valence-corrected chi connectivity index (χ2v) is 4.19. The fourth-order valence-electron chi connectivity index (χ4n) is 1.67. The number of nitrogens with one attached hydrogen (secondary N) is 1. The van der Waals surface area contributed by atoms with Crippen LogP contribution in [-0.4, -0.2) is 11.1 Å². The maximum atomic E-state index is 13.3. The number of para-hydroxylation sites is 1. The van der Waals surface area contributed by atoms with Crippen LogP contribution >= 0.6 is 0 Å². The molecule has 0 aromatic heterocycles. The van der Waals surface area contributed by atoms with Gasteiger partial charge in [0.05, 0.1) is 16.2 Å². The summed E-state index contributed by atoms with van der Waals surface area (Å²) in [6.45, 7) is 0. The number of nitrogens with zero attached hydrogens (tertiary/aromatic N) is 2. The van der Waals surface area contributed by atoms with Gasteiger partial charge in [-0.2, -0.15) is 5.10 Å². The standard InChI is InChI=1S/C15H11F2N3O2/c16-12-7-8-14(13(17)10-12)19-18-9-3-5-11-4-1-2-6-15(11)20(21)22/h1-10,19H/b5-3+,18-9+. The molecule has 0 atom stereocenters. The molecule has 0 spiro atoms. The van der Waals surface area contributed by atoms with Crippen LogP contribution in [0, 0.1) is 21.7 Å². The molecule has 0 aliphatic heterocycles. The quantitative estimate of drug-likeness (QED) is 0.516. The van der Waals surface area contributed by atoms with Crippen LogP contribution in [0.15, 0.2) is 53.6 Å². The molecule has 0 unspecified atom stereocenters. The summed E-state index contributed by atoms with van der Waals surface area (Å²) in [7, 11) is 0. The first-order chi connectivity index (χ1) is 10.6. The molecule has 0 amide bonds. The third-order valence-corrected chi connectivity index (χ3v) is 2.69. The van der Waals surface area contributed by atoms with E-state index in [-0.39, 0.29) is 11.4 Å². The molecular weight excluding hydrogens is 292 g/mol. The maximum absolute atomic E-state index is 13.3. The van der Waals surface area contributed by atoms with Crippen LogP contribution in [0.2, 0.25) is 0 Å². The molecule has 2 aromatic rings. The second kappa shape index (κ2) is 7.07. The molecule has 0 heterocycles. The van der Waals surface area contributed by atoms with Gasteiger partial charge in [-0.3, -0.25) is 15.5 Å². The molecule has 0 fully saturated rings. The molecule has 0 aliphatic carbocycles.